The van der Waals surface area contributed by atoms with Gasteiger partial charge in [0.15, 0.2) is 0 Å². The molecule has 0 aromatic rings. The lowest BCUT2D eigenvalue weighted by Gasteiger charge is -2.36. The van der Waals surface area contributed by atoms with Crippen molar-refractivity contribution in [2.75, 3.05) is 32.8 Å². The van der Waals surface area contributed by atoms with E-state index in [0.29, 0.717) is 12.6 Å². The number of hydrogen-bond acceptors (Lipinski definition) is 4. The Labute approximate surface area is 132 Å². The lowest BCUT2D eigenvalue weighted by molar-refractivity contribution is -0.130. The average molecular weight is 311 g/mol. The van der Waals surface area contributed by atoms with Crippen molar-refractivity contribution in [3.05, 3.63) is 0 Å². The molecule has 0 aromatic heterocycles. The standard InChI is InChI=1S/C16H29N3O3/c1-13(21)18-9-5-14(6-10-18)17-16(22)12-19-8-3-2-4-15(19)7-11-20/h14-15,20H,2-12H2,1H3,(H,17,22). The Hall–Kier alpha value is -1.14. The molecule has 2 amide bonds. The number of carbonyl (C=O) groups excluding carboxylic acids is 2. The zero-order valence-corrected chi connectivity index (χ0v) is 13.6. The Morgan fingerprint density at radius 1 is 1.14 bits per heavy atom. The van der Waals surface area contributed by atoms with E-state index in [4.69, 9.17) is 5.11 Å². The number of aliphatic hydroxyl groups is 1. The maximum absolute atomic E-state index is 12.2. The van der Waals surface area contributed by atoms with E-state index in [1.54, 1.807) is 6.92 Å². The molecule has 1 unspecified atom stereocenters. The topological polar surface area (TPSA) is 72.9 Å². The summed E-state index contributed by atoms with van der Waals surface area (Å²) in [6.07, 6.45) is 5.82. The molecule has 126 valence electrons. The Morgan fingerprint density at radius 2 is 1.86 bits per heavy atom. The van der Waals surface area contributed by atoms with Crippen LogP contribution in [0.1, 0.15) is 45.4 Å². The minimum absolute atomic E-state index is 0.0751. The van der Waals surface area contributed by atoms with Gasteiger partial charge in [-0.05, 0) is 38.6 Å². The molecule has 2 N–H and O–H groups in total. The smallest absolute Gasteiger partial charge is 0.234 e. The summed E-state index contributed by atoms with van der Waals surface area (Å²) >= 11 is 0. The van der Waals surface area contributed by atoms with E-state index >= 15 is 0 Å². The summed E-state index contributed by atoms with van der Waals surface area (Å²) in [7, 11) is 0. The molecule has 0 aliphatic carbocycles. The Bertz CT molecular complexity index is 379. The van der Waals surface area contributed by atoms with Crippen LogP contribution >= 0.6 is 0 Å². The van der Waals surface area contributed by atoms with Crippen LogP contribution in [-0.2, 0) is 9.59 Å². The molecule has 0 aromatic carbocycles. The lowest BCUT2D eigenvalue weighted by Crippen LogP contribution is -2.50. The third-order valence-corrected chi connectivity index (χ3v) is 4.86. The molecule has 6 nitrogen and oxygen atoms in total. The highest BCUT2D eigenvalue weighted by Gasteiger charge is 2.26. The molecule has 2 heterocycles. The van der Waals surface area contributed by atoms with E-state index in [-0.39, 0.29) is 24.5 Å². The van der Waals surface area contributed by atoms with Crippen molar-refractivity contribution in [2.45, 2.75) is 57.5 Å². The molecule has 0 spiro atoms. The molecule has 22 heavy (non-hydrogen) atoms. The van der Waals surface area contributed by atoms with Gasteiger partial charge in [0.25, 0.3) is 0 Å². The maximum atomic E-state index is 12.2. The van der Waals surface area contributed by atoms with Gasteiger partial charge in [0.1, 0.15) is 0 Å². The van der Waals surface area contributed by atoms with Gasteiger partial charge in [0.05, 0.1) is 6.54 Å². The molecule has 0 radical (unpaired) electrons. The van der Waals surface area contributed by atoms with E-state index in [1.165, 1.54) is 6.42 Å². The number of amides is 2. The highest BCUT2D eigenvalue weighted by Crippen LogP contribution is 2.19. The van der Waals surface area contributed by atoms with Crippen LogP contribution in [0.15, 0.2) is 0 Å². The number of nitrogens with one attached hydrogen (secondary N) is 1. The van der Waals surface area contributed by atoms with E-state index < -0.39 is 0 Å². The van der Waals surface area contributed by atoms with Crippen LogP contribution in [0, 0.1) is 0 Å². The lowest BCUT2D eigenvalue weighted by atomic mass is 9.99. The fraction of sp³-hybridized carbons (Fsp3) is 0.875. The Kier molecular flexibility index (Phi) is 6.64. The van der Waals surface area contributed by atoms with E-state index in [0.717, 1.165) is 51.7 Å². The summed E-state index contributed by atoms with van der Waals surface area (Å²) in [6, 6.07) is 0.522. The monoisotopic (exact) mass is 311 g/mol. The highest BCUT2D eigenvalue weighted by atomic mass is 16.3. The first-order valence-electron chi connectivity index (χ1n) is 8.50. The average Bonchev–Trinajstić information content (AvgIpc) is 2.50. The second kappa shape index (κ2) is 8.48. The molecule has 2 aliphatic rings. The number of carbonyl (C=O) groups is 2. The summed E-state index contributed by atoms with van der Waals surface area (Å²) in [5.41, 5.74) is 0. The largest absolute Gasteiger partial charge is 0.396 e. The predicted molar refractivity (Wildman–Crippen MR) is 84.3 cm³/mol. The number of hydrogen-bond donors (Lipinski definition) is 2. The Morgan fingerprint density at radius 3 is 2.50 bits per heavy atom. The van der Waals surface area contributed by atoms with Crippen molar-refractivity contribution in [3.8, 4) is 0 Å². The molecular formula is C16H29N3O3. The van der Waals surface area contributed by atoms with Gasteiger partial charge in [-0.3, -0.25) is 14.5 Å². The minimum atomic E-state index is 0.0751. The second-order valence-electron chi connectivity index (χ2n) is 6.48. The Balaban J connectivity index is 1.74. The van der Waals surface area contributed by atoms with Crippen LogP contribution in [0.3, 0.4) is 0 Å². The van der Waals surface area contributed by atoms with Crippen LogP contribution in [0.4, 0.5) is 0 Å². The van der Waals surface area contributed by atoms with Crippen molar-refractivity contribution in [2.24, 2.45) is 0 Å². The van der Waals surface area contributed by atoms with Crippen molar-refractivity contribution < 1.29 is 14.7 Å². The minimum Gasteiger partial charge on any atom is -0.396 e. The van der Waals surface area contributed by atoms with Gasteiger partial charge in [-0.1, -0.05) is 6.42 Å². The maximum Gasteiger partial charge on any atom is 0.234 e. The van der Waals surface area contributed by atoms with Crippen LogP contribution < -0.4 is 5.32 Å². The van der Waals surface area contributed by atoms with Gasteiger partial charge in [-0.2, -0.15) is 0 Å². The first-order valence-corrected chi connectivity index (χ1v) is 8.50. The molecule has 6 heteroatoms. The van der Waals surface area contributed by atoms with Crippen molar-refractivity contribution >= 4 is 11.8 Å². The van der Waals surface area contributed by atoms with Crippen molar-refractivity contribution in [1.29, 1.82) is 0 Å². The molecule has 2 aliphatic heterocycles. The fourth-order valence-electron chi connectivity index (χ4n) is 3.54. The van der Waals surface area contributed by atoms with Crippen LogP contribution in [0.5, 0.6) is 0 Å². The summed E-state index contributed by atoms with van der Waals surface area (Å²) in [6.45, 7) is 4.62. The predicted octanol–water partition coefficient (Wildman–Crippen LogP) is 0.350. The van der Waals surface area contributed by atoms with Gasteiger partial charge in [-0.15, -0.1) is 0 Å². The molecule has 2 saturated heterocycles. The number of likely N-dealkylation sites (tertiary alicyclic amines) is 2. The van der Waals surface area contributed by atoms with Gasteiger partial charge in [0.2, 0.25) is 11.8 Å². The molecule has 2 fully saturated rings. The second-order valence-corrected chi connectivity index (χ2v) is 6.48. The highest BCUT2D eigenvalue weighted by molar-refractivity contribution is 5.78. The summed E-state index contributed by atoms with van der Waals surface area (Å²) in [5, 5.41) is 12.2. The van der Waals surface area contributed by atoms with Crippen LogP contribution in [0.25, 0.3) is 0 Å². The molecule has 0 saturated carbocycles. The number of aliphatic hydroxyl groups excluding tert-OH is 1. The van der Waals surface area contributed by atoms with E-state index in [1.807, 2.05) is 4.90 Å². The number of piperidine rings is 2. The van der Waals surface area contributed by atoms with Crippen LogP contribution in [0.2, 0.25) is 0 Å². The quantitative estimate of drug-likeness (QED) is 0.768. The fourth-order valence-corrected chi connectivity index (χ4v) is 3.54. The van der Waals surface area contributed by atoms with Gasteiger partial charge < -0.3 is 15.3 Å². The molecular weight excluding hydrogens is 282 g/mol. The normalized spacial score (nSPS) is 24.3. The summed E-state index contributed by atoms with van der Waals surface area (Å²) in [5.74, 6) is 0.191. The van der Waals surface area contributed by atoms with Crippen molar-refractivity contribution in [3.63, 3.8) is 0 Å². The van der Waals surface area contributed by atoms with Gasteiger partial charge >= 0.3 is 0 Å². The summed E-state index contributed by atoms with van der Waals surface area (Å²) < 4.78 is 0. The van der Waals surface area contributed by atoms with Crippen LogP contribution in [-0.4, -0.2) is 71.6 Å². The van der Waals surface area contributed by atoms with Gasteiger partial charge in [-0.25, -0.2) is 0 Å². The number of nitrogens with zero attached hydrogens (tertiary/aromatic N) is 2. The SMILES string of the molecule is CC(=O)N1CCC(NC(=O)CN2CCCCC2CCO)CC1. The first-order chi connectivity index (χ1) is 10.6. The zero-order chi connectivity index (χ0) is 15.9. The van der Waals surface area contributed by atoms with Crippen molar-refractivity contribution in [1.82, 2.24) is 15.1 Å². The number of rotatable bonds is 5. The van der Waals surface area contributed by atoms with E-state index in [9.17, 15) is 9.59 Å². The molecule has 2 rings (SSSR count). The third-order valence-electron chi connectivity index (χ3n) is 4.86. The third kappa shape index (κ3) is 4.95. The first kappa shape index (κ1) is 17.2. The zero-order valence-electron chi connectivity index (χ0n) is 13.6. The van der Waals surface area contributed by atoms with Gasteiger partial charge in [0, 0.05) is 38.7 Å². The van der Waals surface area contributed by atoms with E-state index in [2.05, 4.69) is 10.2 Å². The molecule has 1 atom stereocenters. The summed E-state index contributed by atoms with van der Waals surface area (Å²) in [4.78, 5) is 27.6. The molecule has 0 bridgehead atoms.